The van der Waals surface area contributed by atoms with Crippen molar-refractivity contribution in [3.63, 3.8) is 0 Å². The molecule has 2 aromatic rings. The minimum Gasteiger partial charge on any atom is -0.465 e. The van der Waals surface area contributed by atoms with E-state index >= 15 is 0 Å². The van der Waals surface area contributed by atoms with Crippen molar-refractivity contribution in [3.05, 3.63) is 63.2 Å². The maximum atomic E-state index is 11.4. The molecule has 2 rings (SSSR count). The summed E-state index contributed by atoms with van der Waals surface area (Å²) in [5, 5.41) is 11.0. The largest absolute Gasteiger partial charge is 0.465 e. The average Bonchev–Trinajstić information content (AvgIpc) is 2.49. The number of hydrogen-bond acceptors (Lipinski definition) is 5. The fraction of sp³-hybridized carbons (Fsp3) is 0.0714. The highest BCUT2D eigenvalue weighted by atomic mass is 35.5. The normalized spacial score (nSPS) is 10.2. The van der Waals surface area contributed by atoms with Crippen LogP contribution in [-0.4, -0.2) is 18.0 Å². The van der Waals surface area contributed by atoms with Gasteiger partial charge in [-0.3, -0.25) is 10.1 Å². The number of esters is 1. The summed E-state index contributed by atoms with van der Waals surface area (Å²) >= 11 is 7.48. The molecular weight excluding hydrogens is 314 g/mol. The number of benzene rings is 2. The SMILES string of the molecule is COC(=O)c1ccc(Sc2ccc([N+](=O)[O-])cc2)c(Cl)c1. The summed E-state index contributed by atoms with van der Waals surface area (Å²) in [5.74, 6) is -0.455. The molecule has 0 bridgehead atoms. The molecule has 0 N–H and O–H groups in total. The molecule has 7 heteroatoms. The van der Waals surface area contributed by atoms with Gasteiger partial charge in [0.15, 0.2) is 0 Å². The first-order valence-electron chi connectivity index (χ1n) is 5.81. The van der Waals surface area contributed by atoms with Gasteiger partial charge in [0.2, 0.25) is 0 Å². The molecule has 0 heterocycles. The van der Waals surface area contributed by atoms with E-state index in [2.05, 4.69) is 4.74 Å². The van der Waals surface area contributed by atoms with Gasteiger partial charge in [-0.05, 0) is 30.3 Å². The van der Waals surface area contributed by atoms with E-state index in [1.54, 1.807) is 24.3 Å². The van der Waals surface area contributed by atoms with Crippen molar-refractivity contribution in [2.75, 3.05) is 7.11 Å². The Hall–Kier alpha value is -2.05. The highest BCUT2D eigenvalue weighted by Crippen LogP contribution is 2.34. The van der Waals surface area contributed by atoms with Crippen LogP contribution < -0.4 is 0 Å². The van der Waals surface area contributed by atoms with Gasteiger partial charge in [-0.2, -0.15) is 0 Å². The minimum absolute atomic E-state index is 0.0338. The third-order valence-electron chi connectivity index (χ3n) is 2.63. The molecule has 0 spiro atoms. The van der Waals surface area contributed by atoms with Crippen LogP contribution in [0.3, 0.4) is 0 Å². The predicted octanol–water partition coefficient (Wildman–Crippen LogP) is 4.19. The first-order valence-corrected chi connectivity index (χ1v) is 7.01. The quantitative estimate of drug-likeness (QED) is 0.479. The summed E-state index contributed by atoms with van der Waals surface area (Å²) in [6.07, 6.45) is 0. The Labute approximate surface area is 130 Å². The molecule has 5 nitrogen and oxygen atoms in total. The third kappa shape index (κ3) is 3.74. The lowest BCUT2D eigenvalue weighted by Crippen LogP contribution is -2.00. The maximum Gasteiger partial charge on any atom is 0.337 e. The molecule has 0 aliphatic carbocycles. The molecule has 0 atom stereocenters. The van der Waals surface area contributed by atoms with Gasteiger partial charge >= 0.3 is 5.97 Å². The van der Waals surface area contributed by atoms with Crippen LogP contribution in [0, 0.1) is 10.1 Å². The van der Waals surface area contributed by atoms with Crippen molar-refractivity contribution >= 4 is 35.0 Å². The lowest BCUT2D eigenvalue weighted by molar-refractivity contribution is -0.384. The number of carbonyl (C=O) groups excluding carboxylic acids is 1. The second-order valence-corrected chi connectivity index (χ2v) is 5.51. The molecule has 0 amide bonds. The van der Waals surface area contributed by atoms with Gasteiger partial charge in [0.25, 0.3) is 5.69 Å². The number of halogens is 1. The fourth-order valence-electron chi connectivity index (χ4n) is 1.59. The molecule has 0 unspecified atom stereocenters. The monoisotopic (exact) mass is 323 g/mol. The van der Waals surface area contributed by atoms with Crippen LogP contribution in [0.15, 0.2) is 52.3 Å². The van der Waals surface area contributed by atoms with Gasteiger partial charge in [-0.15, -0.1) is 0 Å². The number of nitrogens with zero attached hydrogens (tertiary/aromatic N) is 1. The lowest BCUT2D eigenvalue weighted by atomic mass is 10.2. The van der Waals surface area contributed by atoms with E-state index in [1.807, 2.05) is 0 Å². The first-order chi connectivity index (χ1) is 10.0. The summed E-state index contributed by atoms with van der Waals surface area (Å²) in [5.41, 5.74) is 0.405. The molecule has 0 radical (unpaired) electrons. The van der Waals surface area contributed by atoms with Gasteiger partial charge in [0.05, 0.1) is 22.6 Å². The van der Waals surface area contributed by atoms with Crippen LogP contribution in [0.2, 0.25) is 5.02 Å². The second kappa shape index (κ2) is 6.60. The van der Waals surface area contributed by atoms with Crippen molar-refractivity contribution in [3.8, 4) is 0 Å². The lowest BCUT2D eigenvalue weighted by Gasteiger charge is -2.06. The van der Waals surface area contributed by atoms with E-state index in [0.29, 0.717) is 10.6 Å². The number of nitro benzene ring substituents is 1. The average molecular weight is 324 g/mol. The smallest absolute Gasteiger partial charge is 0.337 e. The Bertz CT molecular complexity index is 688. The number of nitro groups is 1. The zero-order valence-electron chi connectivity index (χ0n) is 10.9. The molecule has 0 aliphatic heterocycles. The van der Waals surface area contributed by atoms with E-state index in [1.165, 1.54) is 37.1 Å². The number of hydrogen-bond donors (Lipinski definition) is 0. The van der Waals surface area contributed by atoms with Crippen molar-refractivity contribution < 1.29 is 14.5 Å². The highest BCUT2D eigenvalue weighted by Gasteiger charge is 2.10. The molecular formula is C14H10ClNO4S. The summed E-state index contributed by atoms with van der Waals surface area (Å²) in [4.78, 5) is 23.1. The van der Waals surface area contributed by atoms with Crippen molar-refractivity contribution in [2.24, 2.45) is 0 Å². The van der Waals surface area contributed by atoms with E-state index in [4.69, 9.17) is 11.6 Å². The standard InChI is InChI=1S/C14H10ClNO4S/c1-20-14(17)9-2-7-13(12(15)8-9)21-11-5-3-10(4-6-11)16(18)19/h2-8H,1H3. The van der Waals surface area contributed by atoms with E-state index in [0.717, 1.165) is 9.79 Å². The topological polar surface area (TPSA) is 69.4 Å². The van der Waals surface area contributed by atoms with Crippen LogP contribution in [-0.2, 0) is 4.74 Å². The van der Waals surface area contributed by atoms with Crippen LogP contribution in [0.25, 0.3) is 0 Å². The summed E-state index contributed by atoms with van der Waals surface area (Å²) in [6, 6.07) is 11.0. The third-order valence-corrected chi connectivity index (χ3v) is 4.14. The fourth-order valence-corrected chi connectivity index (χ4v) is 2.71. The van der Waals surface area contributed by atoms with Gasteiger partial charge in [-0.1, -0.05) is 23.4 Å². The number of non-ortho nitro benzene ring substituents is 1. The molecule has 21 heavy (non-hydrogen) atoms. The molecule has 2 aromatic carbocycles. The second-order valence-electron chi connectivity index (χ2n) is 3.99. The van der Waals surface area contributed by atoms with Crippen LogP contribution in [0.1, 0.15) is 10.4 Å². The van der Waals surface area contributed by atoms with E-state index < -0.39 is 10.9 Å². The van der Waals surface area contributed by atoms with Gasteiger partial charge < -0.3 is 4.74 Å². The van der Waals surface area contributed by atoms with Crippen molar-refractivity contribution in [1.29, 1.82) is 0 Å². The van der Waals surface area contributed by atoms with Crippen LogP contribution >= 0.6 is 23.4 Å². The highest BCUT2D eigenvalue weighted by molar-refractivity contribution is 7.99. The molecule has 0 aromatic heterocycles. The van der Waals surface area contributed by atoms with Gasteiger partial charge in [0.1, 0.15) is 0 Å². The number of ether oxygens (including phenoxy) is 1. The molecule has 108 valence electrons. The van der Waals surface area contributed by atoms with Gasteiger partial charge in [-0.25, -0.2) is 4.79 Å². The molecule has 0 saturated carbocycles. The Morgan fingerprint density at radius 3 is 2.43 bits per heavy atom. The Kier molecular flexibility index (Phi) is 4.82. The van der Waals surface area contributed by atoms with Crippen molar-refractivity contribution in [1.82, 2.24) is 0 Å². The molecule has 0 aliphatic rings. The Balaban J connectivity index is 2.19. The zero-order chi connectivity index (χ0) is 15.4. The molecule has 0 saturated heterocycles. The van der Waals surface area contributed by atoms with E-state index in [-0.39, 0.29) is 5.69 Å². The Morgan fingerprint density at radius 1 is 1.24 bits per heavy atom. The molecule has 0 fully saturated rings. The zero-order valence-corrected chi connectivity index (χ0v) is 12.5. The van der Waals surface area contributed by atoms with E-state index in [9.17, 15) is 14.9 Å². The minimum atomic E-state index is -0.455. The van der Waals surface area contributed by atoms with Crippen molar-refractivity contribution in [2.45, 2.75) is 9.79 Å². The van der Waals surface area contributed by atoms with Gasteiger partial charge in [0, 0.05) is 21.9 Å². The Morgan fingerprint density at radius 2 is 1.90 bits per heavy atom. The number of carbonyl (C=O) groups is 1. The maximum absolute atomic E-state index is 11.4. The predicted molar refractivity (Wildman–Crippen MR) is 80.0 cm³/mol. The number of methoxy groups -OCH3 is 1. The summed E-state index contributed by atoms with van der Waals surface area (Å²) in [6.45, 7) is 0. The summed E-state index contributed by atoms with van der Waals surface area (Å²) in [7, 11) is 1.30. The van der Waals surface area contributed by atoms with Crippen LogP contribution in [0.5, 0.6) is 0 Å². The number of rotatable bonds is 4. The summed E-state index contributed by atoms with van der Waals surface area (Å²) < 4.78 is 4.62. The van der Waals surface area contributed by atoms with Crippen LogP contribution in [0.4, 0.5) is 5.69 Å². The first kappa shape index (κ1) is 15.3.